The first-order valence-corrected chi connectivity index (χ1v) is 9.48. The molecule has 0 aliphatic carbocycles. The molecular weight excluding hydrogens is 244 g/mol. The van der Waals surface area contributed by atoms with Crippen LogP contribution >= 0.6 is 0 Å². The van der Waals surface area contributed by atoms with Gasteiger partial charge >= 0.3 is 6.16 Å². The summed E-state index contributed by atoms with van der Waals surface area (Å²) in [5.41, 5.74) is 2.01. The molecule has 18 heavy (non-hydrogen) atoms. The smallest absolute Gasteiger partial charge is 0.450 e. The standard InChI is InChI=1S/C14H20O3Si/c1-14(17-13(15)16,10-11-18(2,3)4)12-8-6-5-7-9-12/h5-11H,1-4H3,(H,15,16). The summed E-state index contributed by atoms with van der Waals surface area (Å²) in [5.74, 6) is 0. The monoisotopic (exact) mass is 264 g/mol. The number of ether oxygens (including phenoxy) is 1. The third-order valence-electron chi connectivity index (χ3n) is 2.55. The molecule has 0 heterocycles. The van der Waals surface area contributed by atoms with Crippen molar-refractivity contribution in [1.29, 1.82) is 0 Å². The van der Waals surface area contributed by atoms with Crippen molar-refractivity contribution >= 4 is 14.2 Å². The fraction of sp³-hybridized carbons (Fsp3) is 0.357. The van der Waals surface area contributed by atoms with Gasteiger partial charge in [-0.3, -0.25) is 0 Å². The van der Waals surface area contributed by atoms with E-state index >= 15 is 0 Å². The van der Waals surface area contributed by atoms with E-state index in [0.717, 1.165) is 5.56 Å². The summed E-state index contributed by atoms with van der Waals surface area (Å²) < 4.78 is 5.07. The molecule has 0 fully saturated rings. The van der Waals surface area contributed by atoms with E-state index in [-0.39, 0.29) is 0 Å². The lowest BCUT2D eigenvalue weighted by atomic mass is 9.96. The fourth-order valence-corrected chi connectivity index (χ4v) is 2.37. The van der Waals surface area contributed by atoms with Gasteiger partial charge < -0.3 is 9.84 Å². The molecule has 1 aromatic rings. The number of carboxylic acid groups (broad SMARTS) is 1. The van der Waals surface area contributed by atoms with E-state index in [9.17, 15) is 4.79 Å². The van der Waals surface area contributed by atoms with Crippen molar-refractivity contribution in [3.8, 4) is 0 Å². The highest BCUT2D eigenvalue weighted by molar-refractivity contribution is 6.80. The highest BCUT2D eigenvalue weighted by Crippen LogP contribution is 2.28. The van der Waals surface area contributed by atoms with Crippen LogP contribution in [0.2, 0.25) is 19.6 Å². The summed E-state index contributed by atoms with van der Waals surface area (Å²) in [6, 6.07) is 9.39. The van der Waals surface area contributed by atoms with E-state index in [1.807, 2.05) is 36.4 Å². The van der Waals surface area contributed by atoms with Crippen LogP contribution in [-0.2, 0) is 10.3 Å². The molecule has 0 radical (unpaired) electrons. The van der Waals surface area contributed by atoms with Crippen molar-refractivity contribution in [1.82, 2.24) is 0 Å². The van der Waals surface area contributed by atoms with E-state index in [1.165, 1.54) is 0 Å². The first-order chi connectivity index (χ1) is 8.23. The lowest BCUT2D eigenvalue weighted by molar-refractivity contribution is 0.0185. The zero-order valence-corrected chi connectivity index (χ0v) is 12.3. The van der Waals surface area contributed by atoms with Gasteiger partial charge in [0.05, 0.1) is 8.07 Å². The van der Waals surface area contributed by atoms with Crippen LogP contribution in [0.15, 0.2) is 42.1 Å². The molecule has 0 saturated carbocycles. The first-order valence-electron chi connectivity index (χ1n) is 5.91. The van der Waals surface area contributed by atoms with Gasteiger partial charge in [0.25, 0.3) is 0 Å². The average molecular weight is 264 g/mol. The Morgan fingerprint density at radius 1 is 1.28 bits per heavy atom. The van der Waals surface area contributed by atoms with Gasteiger partial charge in [-0.25, -0.2) is 4.79 Å². The molecule has 1 atom stereocenters. The quantitative estimate of drug-likeness (QED) is 0.659. The first kappa shape index (κ1) is 14.5. The average Bonchev–Trinajstić information content (AvgIpc) is 2.26. The second-order valence-corrected chi connectivity index (χ2v) is 10.6. The van der Waals surface area contributed by atoms with E-state index < -0.39 is 19.8 Å². The van der Waals surface area contributed by atoms with Gasteiger partial charge in [0.2, 0.25) is 0 Å². The van der Waals surface area contributed by atoms with E-state index in [1.54, 1.807) is 6.92 Å². The van der Waals surface area contributed by atoms with Crippen LogP contribution in [0.25, 0.3) is 0 Å². The molecule has 98 valence electrons. The SMILES string of the molecule is CC(C=C[Si](C)(C)C)(OC(=O)O)c1ccccc1. The van der Waals surface area contributed by atoms with Gasteiger partial charge in [-0.1, -0.05) is 55.7 Å². The van der Waals surface area contributed by atoms with Crippen LogP contribution in [0.1, 0.15) is 12.5 Å². The number of benzene rings is 1. The van der Waals surface area contributed by atoms with Gasteiger partial charge in [0.15, 0.2) is 5.60 Å². The predicted molar refractivity (Wildman–Crippen MR) is 75.4 cm³/mol. The molecule has 0 aliphatic heterocycles. The molecule has 0 spiro atoms. The Hall–Kier alpha value is -1.55. The van der Waals surface area contributed by atoms with E-state index in [0.29, 0.717) is 0 Å². The maximum atomic E-state index is 10.9. The summed E-state index contributed by atoms with van der Waals surface area (Å²) in [6.07, 6.45) is 0.601. The lowest BCUT2D eigenvalue weighted by Crippen LogP contribution is -2.28. The molecule has 0 amide bonds. The van der Waals surface area contributed by atoms with Crippen LogP contribution in [0.3, 0.4) is 0 Å². The minimum Gasteiger partial charge on any atom is -0.450 e. The normalized spacial score (nSPS) is 15.3. The highest BCUT2D eigenvalue weighted by Gasteiger charge is 2.28. The Kier molecular flexibility index (Phi) is 4.35. The lowest BCUT2D eigenvalue weighted by Gasteiger charge is -2.26. The molecular formula is C14H20O3Si. The summed E-state index contributed by atoms with van der Waals surface area (Å²) in [6.45, 7) is 8.34. The van der Waals surface area contributed by atoms with E-state index in [4.69, 9.17) is 9.84 Å². The van der Waals surface area contributed by atoms with Gasteiger partial charge in [-0.05, 0) is 18.6 Å². The van der Waals surface area contributed by atoms with Gasteiger partial charge in [0.1, 0.15) is 0 Å². The van der Waals surface area contributed by atoms with Crippen LogP contribution in [0, 0.1) is 0 Å². The van der Waals surface area contributed by atoms with Crippen molar-refractivity contribution in [2.45, 2.75) is 32.2 Å². The Morgan fingerprint density at radius 2 is 1.83 bits per heavy atom. The number of hydrogen-bond donors (Lipinski definition) is 1. The third kappa shape index (κ3) is 4.37. The maximum absolute atomic E-state index is 10.9. The second kappa shape index (κ2) is 5.39. The minimum absolute atomic E-state index is 0.835. The Balaban J connectivity index is 3.11. The van der Waals surface area contributed by atoms with Crippen molar-refractivity contribution in [2.75, 3.05) is 0 Å². The molecule has 1 aromatic carbocycles. The Bertz CT molecular complexity index is 434. The fourth-order valence-electron chi connectivity index (χ4n) is 1.55. The molecule has 0 aliphatic rings. The molecule has 1 rings (SSSR count). The summed E-state index contributed by atoms with van der Waals surface area (Å²) in [5, 5.41) is 8.90. The van der Waals surface area contributed by atoms with E-state index in [2.05, 4.69) is 25.3 Å². The zero-order chi connectivity index (χ0) is 13.8. The van der Waals surface area contributed by atoms with Crippen molar-refractivity contribution < 1.29 is 14.6 Å². The molecule has 1 unspecified atom stereocenters. The zero-order valence-electron chi connectivity index (χ0n) is 11.3. The summed E-state index contributed by atoms with van der Waals surface area (Å²) >= 11 is 0. The molecule has 1 N–H and O–H groups in total. The second-order valence-electron chi connectivity index (χ2n) is 5.54. The van der Waals surface area contributed by atoms with Crippen molar-refractivity contribution in [3.63, 3.8) is 0 Å². The van der Waals surface area contributed by atoms with Gasteiger partial charge in [0, 0.05) is 0 Å². The maximum Gasteiger partial charge on any atom is 0.506 e. The van der Waals surface area contributed by atoms with Crippen molar-refractivity contribution in [3.05, 3.63) is 47.7 Å². The van der Waals surface area contributed by atoms with Gasteiger partial charge in [-0.2, -0.15) is 0 Å². The van der Waals surface area contributed by atoms with Crippen LogP contribution in [-0.4, -0.2) is 19.3 Å². The van der Waals surface area contributed by atoms with Gasteiger partial charge in [-0.15, -0.1) is 0 Å². The molecule has 0 bridgehead atoms. The van der Waals surface area contributed by atoms with Crippen molar-refractivity contribution in [2.24, 2.45) is 0 Å². The van der Waals surface area contributed by atoms with Crippen LogP contribution in [0.4, 0.5) is 4.79 Å². The summed E-state index contributed by atoms with van der Waals surface area (Å²) in [4.78, 5) is 10.9. The van der Waals surface area contributed by atoms with Crippen LogP contribution < -0.4 is 0 Å². The predicted octanol–water partition coefficient (Wildman–Crippen LogP) is 4.03. The molecule has 3 nitrogen and oxygen atoms in total. The minimum atomic E-state index is -1.40. The van der Waals surface area contributed by atoms with Crippen LogP contribution in [0.5, 0.6) is 0 Å². The Labute approximate surface area is 109 Å². The number of rotatable bonds is 4. The molecule has 0 aromatic heterocycles. The summed E-state index contributed by atoms with van der Waals surface area (Å²) in [7, 11) is -1.40. The molecule has 0 saturated heterocycles. The number of carbonyl (C=O) groups is 1. The highest BCUT2D eigenvalue weighted by atomic mass is 28.3. The molecule has 4 heteroatoms. The largest absolute Gasteiger partial charge is 0.506 e. The number of hydrogen-bond acceptors (Lipinski definition) is 2. The topological polar surface area (TPSA) is 46.5 Å². The third-order valence-corrected chi connectivity index (χ3v) is 3.71. The Morgan fingerprint density at radius 3 is 2.28 bits per heavy atom.